The number of terminal acetylenes is 1. The molecule has 20 heavy (non-hydrogen) atoms. The van der Waals surface area contributed by atoms with E-state index in [0.717, 1.165) is 11.4 Å². The number of nitrogens with one attached hydrogen (secondary N) is 1. The maximum Gasteiger partial charge on any atom is 0.255 e. The first kappa shape index (κ1) is 13.9. The van der Waals surface area contributed by atoms with Gasteiger partial charge in [-0.15, -0.1) is 6.42 Å². The van der Waals surface area contributed by atoms with Crippen molar-refractivity contribution in [1.29, 1.82) is 0 Å². The largest absolute Gasteiger partial charge is 0.341 e. The number of benzene rings is 1. The molecule has 0 saturated carbocycles. The third-order valence-corrected chi connectivity index (χ3v) is 3.08. The van der Waals surface area contributed by atoms with Crippen LogP contribution in [0.2, 0.25) is 0 Å². The number of aryl methyl sites for hydroxylation is 1. The van der Waals surface area contributed by atoms with Gasteiger partial charge in [-0.3, -0.25) is 4.79 Å². The molecular weight excluding hydrogens is 250 g/mol. The number of hydrogen-bond acceptors (Lipinski definition) is 2. The highest BCUT2D eigenvalue weighted by molar-refractivity contribution is 5.95. The highest BCUT2D eigenvalue weighted by Crippen LogP contribution is 2.16. The first-order valence-electron chi connectivity index (χ1n) is 6.53. The van der Waals surface area contributed by atoms with Gasteiger partial charge in [-0.1, -0.05) is 30.5 Å². The predicted octanol–water partition coefficient (Wildman–Crippen LogP) is 2.11. The zero-order valence-electron chi connectivity index (χ0n) is 11.7. The molecule has 0 atom stereocenters. The van der Waals surface area contributed by atoms with Gasteiger partial charge >= 0.3 is 0 Å². The third kappa shape index (κ3) is 2.72. The van der Waals surface area contributed by atoms with Crippen molar-refractivity contribution in [2.45, 2.75) is 20.3 Å². The van der Waals surface area contributed by atoms with Crippen molar-refractivity contribution >= 4 is 5.91 Å². The maximum atomic E-state index is 12.0. The van der Waals surface area contributed by atoms with Gasteiger partial charge in [0, 0.05) is 0 Å². The molecule has 0 saturated heterocycles. The lowest BCUT2D eigenvalue weighted by molar-refractivity contribution is 0.0958. The van der Waals surface area contributed by atoms with Gasteiger partial charge in [0.15, 0.2) is 0 Å². The van der Waals surface area contributed by atoms with Crippen LogP contribution < -0.4 is 5.32 Å². The molecule has 4 nitrogen and oxygen atoms in total. The molecule has 2 aromatic rings. The van der Waals surface area contributed by atoms with Crippen LogP contribution in [0.5, 0.6) is 0 Å². The van der Waals surface area contributed by atoms with E-state index in [1.54, 1.807) is 10.9 Å². The number of nitrogens with zero attached hydrogens (tertiary/aromatic N) is 2. The SMILES string of the molecule is C#CCNC(=O)c1cnn(-c2ccc(C)cc2)c1CC. The molecule has 1 N–H and O–H groups in total. The van der Waals surface area contributed by atoms with Crippen LogP contribution >= 0.6 is 0 Å². The highest BCUT2D eigenvalue weighted by atomic mass is 16.1. The van der Waals surface area contributed by atoms with Crippen LogP contribution in [0, 0.1) is 19.3 Å². The van der Waals surface area contributed by atoms with Crippen LogP contribution in [0.3, 0.4) is 0 Å². The van der Waals surface area contributed by atoms with E-state index < -0.39 is 0 Å². The van der Waals surface area contributed by atoms with Gasteiger partial charge in [0.25, 0.3) is 5.91 Å². The summed E-state index contributed by atoms with van der Waals surface area (Å²) < 4.78 is 1.80. The number of rotatable bonds is 4. The summed E-state index contributed by atoms with van der Waals surface area (Å²) in [5.74, 6) is 2.21. The summed E-state index contributed by atoms with van der Waals surface area (Å²) in [6.07, 6.45) is 7.45. The molecule has 0 aliphatic heterocycles. The zero-order valence-corrected chi connectivity index (χ0v) is 11.7. The van der Waals surface area contributed by atoms with Crippen molar-refractivity contribution in [1.82, 2.24) is 15.1 Å². The molecule has 0 bridgehead atoms. The highest BCUT2D eigenvalue weighted by Gasteiger charge is 2.16. The molecule has 1 heterocycles. The number of aromatic nitrogens is 2. The predicted molar refractivity (Wildman–Crippen MR) is 78.8 cm³/mol. The Morgan fingerprint density at radius 2 is 2.10 bits per heavy atom. The van der Waals surface area contributed by atoms with Gasteiger partial charge in [0.05, 0.1) is 29.7 Å². The summed E-state index contributed by atoms with van der Waals surface area (Å²) in [5.41, 5.74) is 3.58. The average molecular weight is 267 g/mol. The summed E-state index contributed by atoms with van der Waals surface area (Å²) in [6.45, 7) is 4.25. The van der Waals surface area contributed by atoms with Gasteiger partial charge in [0.1, 0.15) is 0 Å². The Balaban J connectivity index is 2.37. The molecule has 0 aliphatic rings. The molecule has 102 valence electrons. The summed E-state index contributed by atoms with van der Waals surface area (Å²) >= 11 is 0. The Kier molecular flexibility index (Phi) is 4.21. The van der Waals surface area contributed by atoms with Crippen LogP contribution in [0.4, 0.5) is 0 Å². The lowest BCUT2D eigenvalue weighted by Gasteiger charge is -2.08. The number of carbonyl (C=O) groups is 1. The molecule has 4 heteroatoms. The van der Waals surface area contributed by atoms with Crippen LogP contribution in [-0.4, -0.2) is 22.2 Å². The van der Waals surface area contributed by atoms with E-state index in [-0.39, 0.29) is 12.5 Å². The first-order chi connectivity index (χ1) is 9.67. The van der Waals surface area contributed by atoms with Gasteiger partial charge in [-0.25, -0.2) is 4.68 Å². The standard InChI is InChI=1S/C16H17N3O/c1-4-10-17-16(20)14-11-18-19(15(14)5-2)13-8-6-12(3)7-9-13/h1,6-9,11H,5,10H2,2-3H3,(H,17,20). The van der Waals surface area contributed by atoms with Gasteiger partial charge < -0.3 is 5.32 Å². The maximum absolute atomic E-state index is 12.0. The number of hydrogen-bond donors (Lipinski definition) is 1. The smallest absolute Gasteiger partial charge is 0.255 e. The average Bonchev–Trinajstić information content (AvgIpc) is 2.89. The fraction of sp³-hybridized carbons (Fsp3) is 0.250. The van der Waals surface area contributed by atoms with Gasteiger partial charge in [-0.2, -0.15) is 5.10 Å². The van der Waals surface area contributed by atoms with Crippen molar-refractivity contribution in [2.24, 2.45) is 0 Å². The Hall–Kier alpha value is -2.54. The normalized spacial score (nSPS) is 10.1. The second-order valence-corrected chi connectivity index (χ2v) is 4.49. The minimum atomic E-state index is -0.182. The van der Waals surface area contributed by atoms with E-state index in [0.29, 0.717) is 12.0 Å². The van der Waals surface area contributed by atoms with E-state index in [2.05, 4.69) is 16.3 Å². The number of amides is 1. The quantitative estimate of drug-likeness (QED) is 0.862. The fourth-order valence-corrected chi connectivity index (χ4v) is 2.04. The van der Waals surface area contributed by atoms with Gasteiger partial charge in [0.2, 0.25) is 0 Å². The Morgan fingerprint density at radius 1 is 1.40 bits per heavy atom. The second-order valence-electron chi connectivity index (χ2n) is 4.49. The minimum Gasteiger partial charge on any atom is -0.341 e. The van der Waals surface area contributed by atoms with Crippen molar-refractivity contribution < 1.29 is 4.79 Å². The molecule has 1 amide bonds. The van der Waals surface area contributed by atoms with Crippen LogP contribution in [-0.2, 0) is 6.42 Å². The van der Waals surface area contributed by atoms with Crippen LogP contribution in [0.25, 0.3) is 5.69 Å². The summed E-state index contributed by atoms with van der Waals surface area (Å²) in [5, 5.41) is 6.99. The second kappa shape index (κ2) is 6.07. The lowest BCUT2D eigenvalue weighted by Crippen LogP contribution is -2.24. The minimum absolute atomic E-state index is 0.182. The van der Waals surface area contributed by atoms with Crippen molar-refractivity contribution in [3.8, 4) is 18.0 Å². The van der Waals surface area contributed by atoms with E-state index >= 15 is 0 Å². The van der Waals surface area contributed by atoms with E-state index in [9.17, 15) is 4.79 Å². The Morgan fingerprint density at radius 3 is 2.70 bits per heavy atom. The van der Waals surface area contributed by atoms with Gasteiger partial charge in [-0.05, 0) is 25.5 Å². The molecule has 0 fully saturated rings. The topological polar surface area (TPSA) is 46.9 Å². The van der Waals surface area contributed by atoms with Crippen LogP contribution in [0.1, 0.15) is 28.5 Å². The molecule has 2 rings (SSSR count). The first-order valence-corrected chi connectivity index (χ1v) is 6.53. The summed E-state index contributed by atoms with van der Waals surface area (Å²) in [4.78, 5) is 12.0. The summed E-state index contributed by atoms with van der Waals surface area (Å²) in [6, 6.07) is 8.03. The monoisotopic (exact) mass is 267 g/mol. The third-order valence-electron chi connectivity index (χ3n) is 3.08. The zero-order chi connectivity index (χ0) is 14.5. The lowest BCUT2D eigenvalue weighted by atomic mass is 10.1. The van der Waals surface area contributed by atoms with E-state index in [4.69, 9.17) is 6.42 Å². The van der Waals surface area contributed by atoms with Crippen molar-refractivity contribution in [2.75, 3.05) is 6.54 Å². The molecule has 0 radical (unpaired) electrons. The fourth-order valence-electron chi connectivity index (χ4n) is 2.04. The Labute approximate surface area is 118 Å². The van der Waals surface area contributed by atoms with Crippen molar-refractivity contribution in [3.63, 3.8) is 0 Å². The van der Waals surface area contributed by atoms with Crippen LogP contribution in [0.15, 0.2) is 30.5 Å². The molecule has 0 aliphatic carbocycles. The van der Waals surface area contributed by atoms with E-state index in [1.807, 2.05) is 38.1 Å². The Bertz CT molecular complexity index is 647. The molecule has 1 aromatic heterocycles. The number of carbonyl (C=O) groups excluding carboxylic acids is 1. The van der Waals surface area contributed by atoms with E-state index in [1.165, 1.54) is 5.56 Å². The molecule has 0 unspecified atom stereocenters. The molecule has 0 spiro atoms. The molecule has 1 aromatic carbocycles. The summed E-state index contributed by atoms with van der Waals surface area (Å²) in [7, 11) is 0. The van der Waals surface area contributed by atoms with Crippen molar-refractivity contribution in [3.05, 3.63) is 47.3 Å². The molecular formula is C16H17N3O.